The first-order valence-corrected chi connectivity index (χ1v) is 4.48. The van der Waals surface area contributed by atoms with Gasteiger partial charge in [-0.3, -0.25) is 14.9 Å². The minimum Gasteiger partial charge on any atom is -0.480 e. The van der Waals surface area contributed by atoms with E-state index in [9.17, 15) is 14.9 Å². The summed E-state index contributed by atoms with van der Waals surface area (Å²) < 4.78 is 5.17. The molecule has 0 fully saturated rings. The van der Waals surface area contributed by atoms with Crippen LogP contribution in [-0.2, 0) is 4.79 Å². The Kier molecular flexibility index (Phi) is 3.56. The van der Waals surface area contributed by atoms with Crippen LogP contribution in [0.3, 0.4) is 0 Å². The van der Waals surface area contributed by atoms with E-state index in [-0.39, 0.29) is 17.4 Å². The van der Waals surface area contributed by atoms with Gasteiger partial charge in [-0.1, -0.05) is 0 Å². The van der Waals surface area contributed by atoms with E-state index in [0.717, 1.165) is 0 Å². The van der Waals surface area contributed by atoms with Gasteiger partial charge in [0.2, 0.25) is 18.1 Å². The lowest BCUT2D eigenvalue weighted by molar-refractivity contribution is -0.384. The van der Waals surface area contributed by atoms with Crippen molar-refractivity contribution < 1.29 is 14.5 Å². The standard InChI is InChI=1S/C7H6BrN3O4/c1-15-7-4(8)2-5(11(13)14)6(10-7)9-3-12/h2-3H,1H3,(H,9,10,12). The monoisotopic (exact) mass is 275 g/mol. The predicted molar refractivity (Wildman–Crippen MR) is 54.8 cm³/mol. The summed E-state index contributed by atoms with van der Waals surface area (Å²) in [6, 6.07) is 1.21. The molecular formula is C7H6BrN3O4. The molecular weight excluding hydrogens is 270 g/mol. The fourth-order valence-electron chi connectivity index (χ4n) is 0.907. The van der Waals surface area contributed by atoms with Crippen LogP contribution in [0.1, 0.15) is 0 Å². The van der Waals surface area contributed by atoms with Crippen LogP contribution >= 0.6 is 15.9 Å². The Bertz CT molecular complexity index is 409. The molecule has 1 N–H and O–H groups in total. The van der Waals surface area contributed by atoms with Crippen molar-refractivity contribution in [1.29, 1.82) is 0 Å². The van der Waals surface area contributed by atoms with Crippen LogP contribution in [-0.4, -0.2) is 23.4 Å². The smallest absolute Gasteiger partial charge is 0.313 e. The van der Waals surface area contributed by atoms with Gasteiger partial charge in [0.05, 0.1) is 16.5 Å². The van der Waals surface area contributed by atoms with E-state index >= 15 is 0 Å². The highest BCUT2D eigenvalue weighted by atomic mass is 79.9. The molecule has 1 amide bonds. The van der Waals surface area contributed by atoms with E-state index in [1.54, 1.807) is 0 Å². The van der Waals surface area contributed by atoms with Gasteiger partial charge in [0.15, 0.2) is 0 Å². The molecule has 1 aromatic rings. The molecule has 0 saturated carbocycles. The van der Waals surface area contributed by atoms with Crippen LogP contribution in [0.15, 0.2) is 10.5 Å². The normalized spacial score (nSPS) is 9.47. The number of carbonyl (C=O) groups excluding carboxylic acids is 1. The number of ether oxygens (including phenoxy) is 1. The van der Waals surface area contributed by atoms with Gasteiger partial charge in [-0.05, 0) is 15.9 Å². The van der Waals surface area contributed by atoms with Crippen LogP contribution in [0.4, 0.5) is 11.5 Å². The summed E-state index contributed by atoms with van der Waals surface area (Å²) in [5.41, 5.74) is -0.310. The van der Waals surface area contributed by atoms with E-state index < -0.39 is 4.92 Å². The topological polar surface area (TPSA) is 94.4 Å². The highest BCUT2D eigenvalue weighted by molar-refractivity contribution is 9.10. The van der Waals surface area contributed by atoms with Gasteiger partial charge in [0.25, 0.3) is 0 Å². The molecule has 0 aliphatic heterocycles. The molecule has 1 rings (SSSR count). The Balaban J connectivity index is 3.31. The summed E-state index contributed by atoms with van der Waals surface area (Å²) in [4.78, 5) is 23.9. The molecule has 0 unspecified atom stereocenters. The maximum absolute atomic E-state index is 10.6. The van der Waals surface area contributed by atoms with Crippen molar-refractivity contribution in [1.82, 2.24) is 4.98 Å². The number of hydrogen-bond acceptors (Lipinski definition) is 5. The number of nitro groups is 1. The molecule has 0 atom stereocenters. The van der Waals surface area contributed by atoms with Crippen LogP contribution in [0.25, 0.3) is 0 Å². The SMILES string of the molecule is COc1nc(NC=O)c([N+](=O)[O-])cc1Br. The largest absolute Gasteiger partial charge is 0.480 e. The summed E-state index contributed by atoms with van der Waals surface area (Å²) >= 11 is 3.05. The average Bonchev–Trinajstić information content (AvgIpc) is 2.20. The number of methoxy groups -OCH3 is 1. The highest BCUT2D eigenvalue weighted by Gasteiger charge is 2.19. The fraction of sp³-hybridized carbons (Fsp3) is 0.143. The molecule has 0 bridgehead atoms. The van der Waals surface area contributed by atoms with Crippen LogP contribution in [0.2, 0.25) is 0 Å². The molecule has 7 nitrogen and oxygen atoms in total. The van der Waals surface area contributed by atoms with Crippen molar-refractivity contribution in [3.8, 4) is 5.88 Å². The zero-order valence-corrected chi connectivity index (χ0v) is 9.15. The lowest BCUT2D eigenvalue weighted by atomic mass is 10.4. The maximum Gasteiger partial charge on any atom is 0.313 e. The minimum atomic E-state index is -0.650. The van der Waals surface area contributed by atoms with E-state index in [4.69, 9.17) is 4.74 Å². The maximum atomic E-state index is 10.6. The third-order valence-corrected chi connectivity index (χ3v) is 2.08. The molecule has 1 aromatic heterocycles. The van der Waals surface area contributed by atoms with Crippen molar-refractivity contribution in [3.63, 3.8) is 0 Å². The molecule has 1 heterocycles. The van der Waals surface area contributed by atoms with Crippen LogP contribution in [0, 0.1) is 10.1 Å². The van der Waals surface area contributed by atoms with Gasteiger partial charge in [-0.15, -0.1) is 0 Å². The number of halogens is 1. The lowest BCUT2D eigenvalue weighted by Crippen LogP contribution is -2.03. The van der Waals surface area contributed by atoms with Gasteiger partial charge in [-0.25, -0.2) is 0 Å². The number of rotatable bonds is 4. The second-order valence-electron chi connectivity index (χ2n) is 2.37. The van der Waals surface area contributed by atoms with E-state index in [1.807, 2.05) is 0 Å². The molecule has 0 aliphatic carbocycles. The van der Waals surface area contributed by atoms with Crippen molar-refractivity contribution in [2.45, 2.75) is 0 Å². The van der Waals surface area contributed by atoms with Crippen LogP contribution in [0.5, 0.6) is 5.88 Å². The quantitative estimate of drug-likeness (QED) is 0.508. The molecule has 0 aliphatic rings. The van der Waals surface area contributed by atoms with Crippen molar-refractivity contribution in [3.05, 3.63) is 20.7 Å². The number of hydrogen-bond donors (Lipinski definition) is 1. The van der Waals surface area contributed by atoms with Gasteiger partial charge < -0.3 is 10.1 Å². The van der Waals surface area contributed by atoms with E-state index in [2.05, 4.69) is 26.2 Å². The molecule has 0 radical (unpaired) electrons. The minimum absolute atomic E-state index is 0.157. The number of pyridine rings is 1. The molecule has 0 aromatic carbocycles. The summed E-state index contributed by atoms with van der Waals surface area (Å²) in [5.74, 6) is 0.000000000000000666. The zero-order chi connectivity index (χ0) is 11.4. The predicted octanol–water partition coefficient (Wildman–Crippen LogP) is 1.33. The third-order valence-electron chi connectivity index (χ3n) is 1.51. The van der Waals surface area contributed by atoms with E-state index in [0.29, 0.717) is 10.9 Å². The van der Waals surface area contributed by atoms with Crippen molar-refractivity contribution in [2.24, 2.45) is 0 Å². The summed E-state index contributed by atoms with van der Waals surface area (Å²) in [5, 5.41) is 12.7. The van der Waals surface area contributed by atoms with Crippen molar-refractivity contribution in [2.75, 3.05) is 12.4 Å². The summed E-state index contributed by atoms with van der Waals surface area (Å²) in [6.07, 6.45) is 0.308. The van der Waals surface area contributed by atoms with E-state index in [1.165, 1.54) is 13.2 Å². The van der Waals surface area contributed by atoms with Gasteiger partial charge in [0, 0.05) is 6.07 Å². The molecule has 0 saturated heterocycles. The Morgan fingerprint density at radius 3 is 2.87 bits per heavy atom. The van der Waals surface area contributed by atoms with Gasteiger partial charge >= 0.3 is 5.69 Å². The number of aromatic nitrogens is 1. The molecule has 15 heavy (non-hydrogen) atoms. The van der Waals surface area contributed by atoms with Crippen LogP contribution < -0.4 is 10.1 Å². The Labute approximate surface area is 92.7 Å². The highest BCUT2D eigenvalue weighted by Crippen LogP contribution is 2.31. The molecule has 8 heteroatoms. The number of nitrogens with one attached hydrogen (secondary N) is 1. The van der Waals surface area contributed by atoms with Gasteiger partial charge in [0.1, 0.15) is 0 Å². The average molecular weight is 276 g/mol. The number of nitrogens with zero attached hydrogens (tertiary/aromatic N) is 2. The Hall–Kier alpha value is -1.70. The van der Waals surface area contributed by atoms with Gasteiger partial charge in [-0.2, -0.15) is 4.98 Å². The number of amides is 1. The first-order valence-electron chi connectivity index (χ1n) is 3.69. The first-order chi connectivity index (χ1) is 7.10. The Morgan fingerprint density at radius 1 is 1.73 bits per heavy atom. The third kappa shape index (κ3) is 2.40. The number of carbonyl (C=O) groups is 1. The second kappa shape index (κ2) is 4.69. The molecule has 0 spiro atoms. The fourth-order valence-corrected chi connectivity index (χ4v) is 1.37. The second-order valence-corrected chi connectivity index (χ2v) is 3.22. The Morgan fingerprint density at radius 2 is 2.40 bits per heavy atom. The lowest BCUT2D eigenvalue weighted by Gasteiger charge is -2.05. The molecule has 80 valence electrons. The summed E-state index contributed by atoms with van der Waals surface area (Å²) in [7, 11) is 1.36. The summed E-state index contributed by atoms with van der Waals surface area (Å²) in [6.45, 7) is 0. The number of anilines is 1. The first kappa shape index (κ1) is 11.4. The zero-order valence-electron chi connectivity index (χ0n) is 7.56. The van der Waals surface area contributed by atoms with Crippen molar-refractivity contribution >= 4 is 33.8 Å².